The lowest BCUT2D eigenvalue weighted by Crippen LogP contribution is -2.27. The molecule has 0 unspecified atom stereocenters. The molecule has 1 aromatic carbocycles. The van der Waals surface area contributed by atoms with Crippen molar-refractivity contribution in [2.24, 2.45) is 0 Å². The average molecular weight is 466 g/mol. The van der Waals surface area contributed by atoms with E-state index >= 15 is 0 Å². The minimum Gasteiger partial charge on any atom is -0.493 e. The molecule has 176 valence electrons. The van der Waals surface area contributed by atoms with Gasteiger partial charge in [0, 0.05) is 79.9 Å². The summed E-state index contributed by atoms with van der Waals surface area (Å²) in [6.45, 7) is 0.393. The van der Waals surface area contributed by atoms with Crippen LogP contribution in [0.25, 0.3) is 10.8 Å². The Bertz CT molecular complexity index is 1290. The largest absolute Gasteiger partial charge is 0.493 e. The number of pyridine rings is 2. The SMILES string of the molecule is COc1cc2c(C(=O)/C=C/N(C)C)cnc(OC(=O)NCc3c(F)ccc4c3CCO4)c2cn1. The molecular weight excluding hydrogens is 443 g/mol. The summed E-state index contributed by atoms with van der Waals surface area (Å²) in [4.78, 5) is 35.2. The van der Waals surface area contributed by atoms with E-state index in [1.807, 2.05) is 0 Å². The van der Waals surface area contributed by atoms with Gasteiger partial charge in [0.15, 0.2) is 5.78 Å². The van der Waals surface area contributed by atoms with Crippen LogP contribution in [-0.2, 0) is 13.0 Å². The molecule has 0 atom stereocenters. The molecule has 1 aliphatic rings. The van der Waals surface area contributed by atoms with Crippen LogP contribution in [0, 0.1) is 5.82 Å². The lowest BCUT2D eigenvalue weighted by molar-refractivity contribution is 0.104. The number of fused-ring (bicyclic) bond motifs is 2. The van der Waals surface area contributed by atoms with Crippen LogP contribution < -0.4 is 19.5 Å². The summed E-state index contributed by atoms with van der Waals surface area (Å²) >= 11 is 0. The highest BCUT2D eigenvalue weighted by molar-refractivity contribution is 6.14. The summed E-state index contributed by atoms with van der Waals surface area (Å²) in [7, 11) is 5.05. The third kappa shape index (κ3) is 4.75. The zero-order valence-electron chi connectivity index (χ0n) is 18.9. The summed E-state index contributed by atoms with van der Waals surface area (Å²) in [5.74, 6) is 0.139. The van der Waals surface area contributed by atoms with Crippen LogP contribution in [0.4, 0.5) is 9.18 Å². The smallest absolute Gasteiger partial charge is 0.414 e. The van der Waals surface area contributed by atoms with E-state index in [0.29, 0.717) is 40.7 Å². The molecule has 1 N–H and O–H groups in total. The number of allylic oxidation sites excluding steroid dienone is 1. The molecule has 0 fully saturated rings. The van der Waals surface area contributed by atoms with Crippen LogP contribution in [0.15, 0.2) is 42.9 Å². The van der Waals surface area contributed by atoms with Gasteiger partial charge < -0.3 is 24.4 Å². The molecule has 2 aromatic heterocycles. The number of ketones is 1. The zero-order chi connectivity index (χ0) is 24.2. The molecule has 34 heavy (non-hydrogen) atoms. The van der Waals surface area contributed by atoms with E-state index in [-0.39, 0.29) is 24.1 Å². The summed E-state index contributed by atoms with van der Waals surface area (Å²) in [5, 5.41) is 3.36. The molecule has 1 aliphatic heterocycles. The molecule has 10 heteroatoms. The average Bonchev–Trinajstić information content (AvgIpc) is 3.30. The van der Waals surface area contributed by atoms with Crippen LogP contribution in [-0.4, -0.2) is 54.6 Å². The van der Waals surface area contributed by atoms with Crippen LogP contribution in [0.5, 0.6) is 17.5 Å². The van der Waals surface area contributed by atoms with Crippen molar-refractivity contribution < 1.29 is 28.2 Å². The fraction of sp³-hybridized carbons (Fsp3) is 0.250. The number of rotatable bonds is 7. The number of carbonyl (C=O) groups excluding carboxylic acids is 2. The van der Waals surface area contributed by atoms with Gasteiger partial charge in [-0.15, -0.1) is 0 Å². The van der Waals surface area contributed by atoms with Crippen molar-refractivity contribution in [1.82, 2.24) is 20.2 Å². The third-order valence-electron chi connectivity index (χ3n) is 5.25. The second kappa shape index (κ2) is 9.74. The van der Waals surface area contributed by atoms with Gasteiger partial charge in [-0.3, -0.25) is 4.79 Å². The molecule has 1 amide bonds. The monoisotopic (exact) mass is 466 g/mol. The van der Waals surface area contributed by atoms with Crippen LogP contribution >= 0.6 is 0 Å². The maximum atomic E-state index is 14.3. The predicted molar refractivity (Wildman–Crippen MR) is 122 cm³/mol. The molecule has 0 spiro atoms. The predicted octanol–water partition coefficient (Wildman–Crippen LogP) is 3.26. The molecule has 0 bridgehead atoms. The number of hydrogen-bond donors (Lipinski definition) is 1. The second-order valence-electron chi connectivity index (χ2n) is 7.74. The molecule has 0 saturated carbocycles. The number of benzene rings is 1. The first-order chi connectivity index (χ1) is 16.4. The minimum atomic E-state index is -0.827. The Hall–Kier alpha value is -4.21. The van der Waals surface area contributed by atoms with Crippen molar-refractivity contribution >= 4 is 22.6 Å². The van der Waals surface area contributed by atoms with Gasteiger partial charge in [-0.1, -0.05) is 0 Å². The number of ether oxygens (including phenoxy) is 3. The van der Waals surface area contributed by atoms with Gasteiger partial charge in [0.1, 0.15) is 11.6 Å². The minimum absolute atomic E-state index is 0.0436. The van der Waals surface area contributed by atoms with Crippen molar-refractivity contribution in [2.75, 3.05) is 27.8 Å². The van der Waals surface area contributed by atoms with E-state index in [4.69, 9.17) is 14.2 Å². The number of aromatic nitrogens is 2. The van der Waals surface area contributed by atoms with Gasteiger partial charge in [-0.25, -0.2) is 19.2 Å². The van der Waals surface area contributed by atoms with Gasteiger partial charge in [0.2, 0.25) is 11.8 Å². The highest BCUT2D eigenvalue weighted by atomic mass is 19.1. The van der Waals surface area contributed by atoms with E-state index in [2.05, 4.69) is 15.3 Å². The van der Waals surface area contributed by atoms with Crippen LogP contribution in [0.2, 0.25) is 0 Å². The van der Waals surface area contributed by atoms with Gasteiger partial charge in [-0.2, -0.15) is 0 Å². The Labute approximate surface area is 195 Å². The van der Waals surface area contributed by atoms with Crippen molar-refractivity contribution in [3.05, 3.63) is 65.4 Å². The summed E-state index contributed by atoms with van der Waals surface area (Å²) in [6, 6.07) is 4.45. The first-order valence-corrected chi connectivity index (χ1v) is 10.5. The lowest BCUT2D eigenvalue weighted by atomic mass is 10.0. The highest BCUT2D eigenvalue weighted by Gasteiger charge is 2.21. The number of halogens is 1. The van der Waals surface area contributed by atoms with E-state index < -0.39 is 11.9 Å². The number of nitrogens with one attached hydrogen (secondary N) is 1. The molecule has 0 aliphatic carbocycles. The van der Waals surface area contributed by atoms with Crippen LogP contribution in [0.1, 0.15) is 21.5 Å². The zero-order valence-corrected chi connectivity index (χ0v) is 18.9. The van der Waals surface area contributed by atoms with Crippen molar-refractivity contribution in [3.8, 4) is 17.5 Å². The van der Waals surface area contributed by atoms with E-state index in [9.17, 15) is 14.0 Å². The lowest BCUT2D eigenvalue weighted by Gasteiger charge is -2.12. The van der Waals surface area contributed by atoms with Crippen LogP contribution in [0.3, 0.4) is 0 Å². The number of carbonyl (C=O) groups is 2. The van der Waals surface area contributed by atoms with Gasteiger partial charge in [0.25, 0.3) is 0 Å². The Balaban J connectivity index is 1.58. The maximum absolute atomic E-state index is 14.3. The number of nitrogens with zero attached hydrogens (tertiary/aromatic N) is 3. The molecule has 0 radical (unpaired) electrons. The van der Waals surface area contributed by atoms with Gasteiger partial charge in [0.05, 0.1) is 19.1 Å². The standard InChI is InChI=1S/C24H23FN4O5/c1-29(2)8-6-20(30)17-12-27-23(18-13-26-22(32-3)10-15(17)18)34-24(31)28-11-16-14-7-9-33-21(14)5-4-19(16)25/h4-6,8,10,12-13H,7,9,11H2,1-3H3,(H,28,31)/b8-6+. The quantitative estimate of drug-likeness (QED) is 0.418. The molecule has 3 heterocycles. The second-order valence-corrected chi connectivity index (χ2v) is 7.74. The van der Waals surface area contributed by atoms with E-state index in [0.717, 1.165) is 5.56 Å². The first-order valence-electron chi connectivity index (χ1n) is 10.5. The fourth-order valence-electron chi connectivity index (χ4n) is 3.58. The van der Waals surface area contributed by atoms with Crippen molar-refractivity contribution in [3.63, 3.8) is 0 Å². The Morgan fingerprint density at radius 1 is 1.24 bits per heavy atom. The molecule has 4 rings (SSSR count). The number of hydrogen-bond acceptors (Lipinski definition) is 8. The Morgan fingerprint density at radius 2 is 2.06 bits per heavy atom. The molecule has 3 aromatic rings. The van der Waals surface area contributed by atoms with E-state index in [1.165, 1.54) is 31.6 Å². The Morgan fingerprint density at radius 3 is 2.82 bits per heavy atom. The maximum Gasteiger partial charge on any atom is 0.414 e. The van der Waals surface area contributed by atoms with Crippen molar-refractivity contribution in [1.29, 1.82) is 0 Å². The normalized spacial score (nSPS) is 12.4. The van der Waals surface area contributed by atoms with Crippen molar-refractivity contribution in [2.45, 2.75) is 13.0 Å². The van der Waals surface area contributed by atoms with E-state index in [1.54, 1.807) is 37.3 Å². The summed E-state index contributed by atoms with van der Waals surface area (Å²) < 4.78 is 30.3. The molecule has 0 saturated heterocycles. The third-order valence-corrected chi connectivity index (χ3v) is 5.25. The van der Waals surface area contributed by atoms with Gasteiger partial charge in [-0.05, 0) is 12.1 Å². The highest BCUT2D eigenvalue weighted by Crippen LogP contribution is 2.31. The summed E-state index contributed by atoms with van der Waals surface area (Å²) in [5.41, 5.74) is 1.38. The summed E-state index contributed by atoms with van der Waals surface area (Å²) in [6.07, 6.45) is 5.51. The molecule has 9 nitrogen and oxygen atoms in total. The van der Waals surface area contributed by atoms with Gasteiger partial charge >= 0.3 is 6.09 Å². The molecular formula is C24H23FN4O5. The number of methoxy groups -OCH3 is 1. The fourth-order valence-corrected chi connectivity index (χ4v) is 3.58. The first kappa shape index (κ1) is 23.0. The number of amides is 1. The topological polar surface area (TPSA) is 103 Å². The Kier molecular flexibility index (Phi) is 6.58.